The van der Waals surface area contributed by atoms with Gasteiger partial charge in [-0.05, 0) is 37.5 Å². The van der Waals surface area contributed by atoms with Gasteiger partial charge in [-0.2, -0.15) is 4.98 Å². The van der Waals surface area contributed by atoms with Crippen LogP contribution in [0.15, 0.2) is 4.52 Å². The molecule has 20 heavy (non-hydrogen) atoms. The van der Waals surface area contributed by atoms with Gasteiger partial charge in [0.15, 0.2) is 5.82 Å². The summed E-state index contributed by atoms with van der Waals surface area (Å²) in [6.45, 7) is 3.06. The van der Waals surface area contributed by atoms with Gasteiger partial charge in [0.1, 0.15) is 0 Å². The standard InChI is InChI=1S/C14H22N4O.ClH/c15-12-3-1-2-10-6-18(7-11(10)12)8-13-16-14(17-19-13)9-4-5-9;/h9-12H,1-8,15H2;1H. The van der Waals surface area contributed by atoms with Crippen molar-refractivity contribution in [1.29, 1.82) is 0 Å². The monoisotopic (exact) mass is 298 g/mol. The first-order valence-electron chi connectivity index (χ1n) is 7.60. The number of likely N-dealkylation sites (tertiary alicyclic amines) is 1. The van der Waals surface area contributed by atoms with Crippen LogP contribution in [0.3, 0.4) is 0 Å². The molecule has 2 saturated carbocycles. The molecule has 3 unspecified atom stereocenters. The van der Waals surface area contributed by atoms with Gasteiger partial charge in [-0.25, -0.2) is 0 Å². The van der Waals surface area contributed by atoms with Crippen LogP contribution in [0, 0.1) is 11.8 Å². The highest BCUT2D eigenvalue weighted by Gasteiger charge is 2.39. The lowest BCUT2D eigenvalue weighted by molar-refractivity contribution is 0.252. The summed E-state index contributed by atoms with van der Waals surface area (Å²) in [7, 11) is 0. The summed E-state index contributed by atoms with van der Waals surface area (Å²) in [5, 5.41) is 4.09. The smallest absolute Gasteiger partial charge is 0.240 e. The quantitative estimate of drug-likeness (QED) is 0.923. The highest BCUT2D eigenvalue weighted by atomic mass is 35.5. The van der Waals surface area contributed by atoms with Crippen LogP contribution in [-0.4, -0.2) is 34.2 Å². The highest BCUT2D eigenvalue weighted by Crippen LogP contribution is 2.39. The van der Waals surface area contributed by atoms with Gasteiger partial charge >= 0.3 is 0 Å². The van der Waals surface area contributed by atoms with E-state index in [0.717, 1.165) is 37.3 Å². The Labute approximate surface area is 125 Å². The van der Waals surface area contributed by atoms with Gasteiger partial charge < -0.3 is 10.3 Å². The van der Waals surface area contributed by atoms with Crippen LogP contribution in [0.1, 0.15) is 49.7 Å². The fraction of sp³-hybridized carbons (Fsp3) is 0.857. The number of nitrogens with two attached hydrogens (primary N) is 1. The minimum absolute atomic E-state index is 0. The minimum atomic E-state index is 0. The number of halogens is 1. The van der Waals surface area contributed by atoms with Gasteiger partial charge in [-0.3, -0.25) is 4.90 Å². The van der Waals surface area contributed by atoms with Gasteiger partial charge in [0.25, 0.3) is 0 Å². The molecule has 3 aliphatic rings. The second kappa shape index (κ2) is 5.62. The SMILES string of the molecule is Cl.NC1CCCC2CN(Cc3nc(C4CC4)no3)CC12. The predicted octanol–water partition coefficient (Wildman–Crippen LogP) is 1.93. The third kappa shape index (κ3) is 2.71. The van der Waals surface area contributed by atoms with Crippen LogP contribution >= 0.6 is 12.4 Å². The number of nitrogens with zero attached hydrogens (tertiary/aromatic N) is 3. The second-order valence-corrected chi connectivity index (χ2v) is 6.53. The minimum Gasteiger partial charge on any atom is -0.338 e. The van der Waals surface area contributed by atoms with E-state index in [1.807, 2.05) is 0 Å². The molecule has 1 saturated heterocycles. The van der Waals surface area contributed by atoms with Crippen molar-refractivity contribution >= 4 is 12.4 Å². The maximum atomic E-state index is 6.25. The summed E-state index contributed by atoms with van der Waals surface area (Å²) in [4.78, 5) is 6.97. The highest BCUT2D eigenvalue weighted by molar-refractivity contribution is 5.85. The lowest BCUT2D eigenvalue weighted by Gasteiger charge is -2.29. The molecule has 2 aliphatic carbocycles. The summed E-state index contributed by atoms with van der Waals surface area (Å²) >= 11 is 0. The van der Waals surface area contributed by atoms with E-state index in [1.54, 1.807) is 0 Å². The number of hydrogen-bond acceptors (Lipinski definition) is 5. The molecule has 1 aromatic rings. The fourth-order valence-electron chi connectivity index (χ4n) is 3.77. The second-order valence-electron chi connectivity index (χ2n) is 6.53. The van der Waals surface area contributed by atoms with Crippen LogP contribution < -0.4 is 5.73 Å². The molecular weight excluding hydrogens is 276 g/mol. The Morgan fingerprint density at radius 1 is 1.20 bits per heavy atom. The molecule has 5 nitrogen and oxygen atoms in total. The average Bonchev–Trinajstić information content (AvgIpc) is 3.00. The molecule has 0 aromatic carbocycles. The van der Waals surface area contributed by atoms with E-state index in [9.17, 15) is 0 Å². The largest absolute Gasteiger partial charge is 0.338 e. The van der Waals surface area contributed by atoms with Crippen molar-refractivity contribution in [2.45, 2.75) is 50.6 Å². The summed E-state index contributed by atoms with van der Waals surface area (Å²) in [5.74, 6) is 3.75. The van der Waals surface area contributed by atoms with E-state index < -0.39 is 0 Å². The molecule has 2 N–H and O–H groups in total. The van der Waals surface area contributed by atoms with Crippen LogP contribution in [0.25, 0.3) is 0 Å². The van der Waals surface area contributed by atoms with Gasteiger partial charge in [0.2, 0.25) is 5.89 Å². The van der Waals surface area contributed by atoms with Crippen LogP contribution in [0.5, 0.6) is 0 Å². The topological polar surface area (TPSA) is 68.2 Å². The predicted molar refractivity (Wildman–Crippen MR) is 77.6 cm³/mol. The zero-order valence-corrected chi connectivity index (χ0v) is 12.5. The molecule has 1 aromatic heterocycles. The number of rotatable bonds is 3. The zero-order chi connectivity index (χ0) is 12.8. The van der Waals surface area contributed by atoms with Crippen LogP contribution in [0.4, 0.5) is 0 Å². The van der Waals surface area contributed by atoms with Crippen molar-refractivity contribution in [2.24, 2.45) is 17.6 Å². The van der Waals surface area contributed by atoms with Crippen molar-refractivity contribution in [1.82, 2.24) is 15.0 Å². The Morgan fingerprint density at radius 2 is 2.05 bits per heavy atom. The zero-order valence-electron chi connectivity index (χ0n) is 11.7. The summed E-state index contributed by atoms with van der Waals surface area (Å²) in [6.07, 6.45) is 6.28. The Balaban J connectivity index is 0.00000121. The molecular formula is C14H23ClN4O. The van der Waals surface area contributed by atoms with E-state index in [2.05, 4.69) is 15.0 Å². The van der Waals surface area contributed by atoms with E-state index in [4.69, 9.17) is 10.3 Å². The van der Waals surface area contributed by atoms with E-state index in [0.29, 0.717) is 17.9 Å². The number of hydrogen-bond donors (Lipinski definition) is 1. The lowest BCUT2D eigenvalue weighted by Crippen LogP contribution is -2.38. The first-order chi connectivity index (χ1) is 9.29. The third-order valence-corrected chi connectivity index (χ3v) is 5.01. The maximum absolute atomic E-state index is 6.25. The molecule has 2 heterocycles. The summed E-state index contributed by atoms with van der Waals surface area (Å²) in [5.41, 5.74) is 6.25. The maximum Gasteiger partial charge on any atom is 0.240 e. The van der Waals surface area contributed by atoms with Crippen LogP contribution in [-0.2, 0) is 6.54 Å². The molecule has 4 rings (SSSR count). The Hall–Kier alpha value is -0.650. The first kappa shape index (κ1) is 14.3. The lowest BCUT2D eigenvalue weighted by atomic mass is 9.78. The molecule has 1 aliphatic heterocycles. The number of fused-ring (bicyclic) bond motifs is 1. The molecule has 0 radical (unpaired) electrons. The van der Waals surface area contributed by atoms with E-state index in [1.165, 1.54) is 32.1 Å². The van der Waals surface area contributed by atoms with E-state index in [-0.39, 0.29) is 12.4 Å². The van der Waals surface area contributed by atoms with Crippen molar-refractivity contribution in [3.63, 3.8) is 0 Å². The summed E-state index contributed by atoms with van der Waals surface area (Å²) < 4.78 is 5.37. The van der Waals surface area contributed by atoms with Crippen molar-refractivity contribution < 1.29 is 4.52 Å². The normalized spacial score (nSPS) is 33.8. The Kier molecular flexibility index (Phi) is 4.02. The molecule has 0 amide bonds. The number of aromatic nitrogens is 2. The Bertz CT molecular complexity index is 462. The molecule has 3 atom stereocenters. The van der Waals surface area contributed by atoms with Crippen molar-refractivity contribution in [2.75, 3.05) is 13.1 Å². The van der Waals surface area contributed by atoms with Gasteiger partial charge in [0, 0.05) is 25.0 Å². The van der Waals surface area contributed by atoms with Crippen molar-refractivity contribution in [3.8, 4) is 0 Å². The molecule has 0 bridgehead atoms. The van der Waals surface area contributed by atoms with Gasteiger partial charge in [-0.1, -0.05) is 11.6 Å². The third-order valence-electron chi connectivity index (χ3n) is 5.01. The van der Waals surface area contributed by atoms with Gasteiger partial charge in [0.05, 0.1) is 6.54 Å². The van der Waals surface area contributed by atoms with Crippen LogP contribution in [0.2, 0.25) is 0 Å². The first-order valence-corrected chi connectivity index (χ1v) is 7.60. The van der Waals surface area contributed by atoms with Gasteiger partial charge in [-0.15, -0.1) is 12.4 Å². The molecule has 112 valence electrons. The van der Waals surface area contributed by atoms with E-state index >= 15 is 0 Å². The molecule has 0 spiro atoms. The fourth-order valence-corrected chi connectivity index (χ4v) is 3.77. The Morgan fingerprint density at radius 3 is 2.80 bits per heavy atom. The average molecular weight is 299 g/mol. The molecule has 3 fully saturated rings. The molecule has 6 heteroatoms. The summed E-state index contributed by atoms with van der Waals surface area (Å²) in [6, 6.07) is 0.397. The van der Waals surface area contributed by atoms with Crippen molar-refractivity contribution in [3.05, 3.63) is 11.7 Å².